The number of aromatic nitrogens is 1. The van der Waals surface area contributed by atoms with Crippen LogP contribution in [-0.2, 0) is 6.42 Å². The monoisotopic (exact) mass is 210 g/mol. The Balaban J connectivity index is 0. The number of anilines is 1. The lowest BCUT2D eigenvalue weighted by Gasteiger charge is -2.04. The molecule has 1 aromatic heterocycles. The SMILES string of the molecule is CC.CC.CCCc1cccnc1NC. The number of nitrogens with zero attached hydrogens (tertiary/aromatic N) is 1. The standard InChI is InChI=1S/C9H14N2.2C2H6/c1-3-5-8-6-4-7-11-9(8)10-2;2*1-2/h4,6-7H,3,5H2,1-2H3,(H,10,11);2*1-2H3. The molecule has 1 rings (SSSR count). The minimum atomic E-state index is 1.01. The second-order valence-corrected chi connectivity index (χ2v) is 2.51. The summed E-state index contributed by atoms with van der Waals surface area (Å²) in [4.78, 5) is 4.20. The molecule has 0 radical (unpaired) electrons. The molecule has 0 aliphatic heterocycles. The summed E-state index contributed by atoms with van der Waals surface area (Å²) in [6.07, 6.45) is 4.08. The third-order valence-corrected chi connectivity index (χ3v) is 1.65. The van der Waals surface area contributed by atoms with Gasteiger partial charge in [-0.1, -0.05) is 47.1 Å². The number of nitrogens with one attached hydrogen (secondary N) is 1. The molecule has 88 valence electrons. The summed E-state index contributed by atoms with van der Waals surface area (Å²) in [7, 11) is 1.90. The molecule has 15 heavy (non-hydrogen) atoms. The predicted molar refractivity (Wildman–Crippen MR) is 70.5 cm³/mol. The second-order valence-electron chi connectivity index (χ2n) is 2.51. The van der Waals surface area contributed by atoms with E-state index in [1.165, 1.54) is 12.0 Å². The van der Waals surface area contributed by atoms with Gasteiger partial charge in [-0.15, -0.1) is 0 Å². The third-order valence-electron chi connectivity index (χ3n) is 1.65. The fourth-order valence-electron chi connectivity index (χ4n) is 1.13. The Labute approximate surface area is 95.1 Å². The Morgan fingerprint density at radius 2 is 1.80 bits per heavy atom. The zero-order valence-corrected chi connectivity index (χ0v) is 11.1. The van der Waals surface area contributed by atoms with Gasteiger partial charge in [0.15, 0.2) is 0 Å². The van der Waals surface area contributed by atoms with Crippen molar-refractivity contribution in [3.63, 3.8) is 0 Å². The highest BCUT2D eigenvalue weighted by atomic mass is 15.0. The minimum absolute atomic E-state index is 1.01. The van der Waals surface area contributed by atoms with Gasteiger partial charge < -0.3 is 5.32 Å². The van der Waals surface area contributed by atoms with E-state index in [-0.39, 0.29) is 0 Å². The second kappa shape index (κ2) is 12.9. The maximum atomic E-state index is 4.20. The molecule has 0 saturated heterocycles. The van der Waals surface area contributed by atoms with E-state index in [4.69, 9.17) is 0 Å². The minimum Gasteiger partial charge on any atom is -0.373 e. The van der Waals surface area contributed by atoms with Gasteiger partial charge in [0.1, 0.15) is 5.82 Å². The van der Waals surface area contributed by atoms with Gasteiger partial charge in [-0.3, -0.25) is 0 Å². The van der Waals surface area contributed by atoms with Gasteiger partial charge >= 0.3 is 0 Å². The van der Waals surface area contributed by atoms with Crippen LogP contribution in [0.1, 0.15) is 46.6 Å². The molecule has 0 bridgehead atoms. The van der Waals surface area contributed by atoms with Crippen molar-refractivity contribution in [2.24, 2.45) is 0 Å². The molecule has 0 aromatic carbocycles. The lowest BCUT2D eigenvalue weighted by Crippen LogP contribution is -1.97. The lowest BCUT2D eigenvalue weighted by atomic mass is 10.1. The maximum absolute atomic E-state index is 4.20. The van der Waals surface area contributed by atoms with E-state index in [2.05, 4.69) is 23.3 Å². The molecule has 0 spiro atoms. The smallest absolute Gasteiger partial charge is 0.128 e. The zero-order valence-electron chi connectivity index (χ0n) is 11.1. The Morgan fingerprint density at radius 3 is 2.27 bits per heavy atom. The first kappa shape index (κ1) is 16.4. The van der Waals surface area contributed by atoms with E-state index in [1.807, 2.05) is 47.0 Å². The van der Waals surface area contributed by atoms with Crippen molar-refractivity contribution < 1.29 is 0 Å². The molecule has 0 amide bonds. The molecule has 0 atom stereocenters. The Hall–Kier alpha value is -1.05. The molecule has 0 aliphatic rings. The summed E-state index contributed by atoms with van der Waals surface area (Å²) >= 11 is 0. The van der Waals surface area contributed by atoms with Crippen molar-refractivity contribution >= 4 is 5.82 Å². The number of rotatable bonds is 3. The molecule has 0 fully saturated rings. The van der Waals surface area contributed by atoms with E-state index in [0.717, 1.165) is 12.2 Å². The fraction of sp³-hybridized carbons (Fsp3) is 0.615. The molecule has 1 heterocycles. The quantitative estimate of drug-likeness (QED) is 0.811. The van der Waals surface area contributed by atoms with Crippen LogP contribution in [0, 0.1) is 0 Å². The van der Waals surface area contributed by atoms with Gasteiger partial charge in [0.05, 0.1) is 0 Å². The summed E-state index contributed by atoms with van der Waals surface area (Å²) in [5.41, 5.74) is 1.30. The molecule has 0 saturated carbocycles. The molecular weight excluding hydrogens is 184 g/mol. The van der Waals surface area contributed by atoms with Crippen LogP contribution >= 0.6 is 0 Å². The van der Waals surface area contributed by atoms with Crippen LogP contribution in [0.25, 0.3) is 0 Å². The average Bonchev–Trinajstić information content (AvgIpc) is 2.35. The first-order chi connectivity index (χ1) is 7.38. The van der Waals surface area contributed by atoms with E-state index in [1.54, 1.807) is 0 Å². The molecule has 2 heteroatoms. The van der Waals surface area contributed by atoms with Crippen LogP contribution < -0.4 is 5.32 Å². The topological polar surface area (TPSA) is 24.9 Å². The zero-order chi connectivity index (χ0) is 12.1. The number of hydrogen-bond acceptors (Lipinski definition) is 2. The van der Waals surface area contributed by atoms with Crippen LogP contribution in [0.15, 0.2) is 18.3 Å². The third kappa shape index (κ3) is 6.95. The van der Waals surface area contributed by atoms with E-state index in [9.17, 15) is 0 Å². The van der Waals surface area contributed by atoms with Crippen LogP contribution in [0.2, 0.25) is 0 Å². The van der Waals surface area contributed by atoms with Crippen LogP contribution in [0.4, 0.5) is 5.82 Å². The van der Waals surface area contributed by atoms with Gasteiger partial charge in [0, 0.05) is 13.2 Å². The largest absolute Gasteiger partial charge is 0.373 e. The van der Waals surface area contributed by atoms with Crippen molar-refractivity contribution in [1.29, 1.82) is 0 Å². The van der Waals surface area contributed by atoms with Gasteiger partial charge in [0.25, 0.3) is 0 Å². The van der Waals surface area contributed by atoms with Crippen molar-refractivity contribution in [2.45, 2.75) is 47.5 Å². The highest BCUT2D eigenvalue weighted by molar-refractivity contribution is 5.42. The lowest BCUT2D eigenvalue weighted by molar-refractivity contribution is 0.915. The molecule has 1 N–H and O–H groups in total. The normalized spacial score (nSPS) is 7.87. The van der Waals surface area contributed by atoms with Crippen molar-refractivity contribution in [1.82, 2.24) is 4.98 Å². The van der Waals surface area contributed by atoms with E-state index in [0.29, 0.717) is 0 Å². The molecule has 0 aliphatic carbocycles. The van der Waals surface area contributed by atoms with E-state index < -0.39 is 0 Å². The Morgan fingerprint density at radius 1 is 1.20 bits per heavy atom. The van der Waals surface area contributed by atoms with Gasteiger partial charge in [-0.05, 0) is 18.1 Å². The molecule has 0 unspecified atom stereocenters. The summed E-state index contributed by atoms with van der Waals surface area (Å²) in [5, 5.41) is 3.07. The Bertz CT molecular complexity index is 222. The van der Waals surface area contributed by atoms with Crippen LogP contribution in [0.3, 0.4) is 0 Å². The number of aryl methyl sites for hydroxylation is 1. The fourth-order valence-corrected chi connectivity index (χ4v) is 1.13. The summed E-state index contributed by atoms with van der Waals surface area (Å²) in [5.74, 6) is 1.01. The van der Waals surface area contributed by atoms with Crippen molar-refractivity contribution in [3.8, 4) is 0 Å². The first-order valence-electron chi connectivity index (χ1n) is 6.00. The van der Waals surface area contributed by atoms with Crippen LogP contribution in [0.5, 0.6) is 0 Å². The van der Waals surface area contributed by atoms with Crippen molar-refractivity contribution in [2.75, 3.05) is 12.4 Å². The molecular formula is C13H26N2. The van der Waals surface area contributed by atoms with Gasteiger partial charge in [-0.2, -0.15) is 0 Å². The highest BCUT2D eigenvalue weighted by Crippen LogP contribution is 2.11. The highest BCUT2D eigenvalue weighted by Gasteiger charge is 1.97. The van der Waals surface area contributed by atoms with Gasteiger partial charge in [0.2, 0.25) is 0 Å². The maximum Gasteiger partial charge on any atom is 0.128 e. The number of pyridine rings is 1. The average molecular weight is 210 g/mol. The summed E-state index contributed by atoms with van der Waals surface area (Å²) in [6, 6.07) is 4.09. The molecule has 1 aromatic rings. The number of hydrogen-bond donors (Lipinski definition) is 1. The van der Waals surface area contributed by atoms with Gasteiger partial charge in [-0.25, -0.2) is 4.98 Å². The first-order valence-corrected chi connectivity index (χ1v) is 6.00. The summed E-state index contributed by atoms with van der Waals surface area (Å²) in [6.45, 7) is 10.2. The predicted octanol–water partition coefficient (Wildman–Crippen LogP) is 4.13. The van der Waals surface area contributed by atoms with Crippen molar-refractivity contribution in [3.05, 3.63) is 23.9 Å². The molecule has 2 nitrogen and oxygen atoms in total. The van der Waals surface area contributed by atoms with E-state index >= 15 is 0 Å². The summed E-state index contributed by atoms with van der Waals surface area (Å²) < 4.78 is 0. The van der Waals surface area contributed by atoms with Crippen LogP contribution in [-0.4, -0.2) is 12.0 Å². The Kier molecular flexibility index (Phi) is 14.1.